The number of ether oxygens (including phenoxy) is 1. The molecular formula is C11H13O4. The standard InChI is InChI=1S/C11H13O4/c1-3-13-10-8-6-5-7-9(10)11(12)15-14-4-2/h5-8H,2-4H2,1H3. The van der Waals surface area contributed by atoms with Gasteiger partial charge in [0.2, 0.25) is 0 Å². The molecule has 0 N–H and O–H groups in total. The minimum atomic E-state index is -0.581. The van der Waals surface area contributed by atoms with Crippen LogP contribution in [0, 0.1) is 6.92 Å². The lowest BCUT2D eigenvalue weighted by Gasteiger charge is -2.07. The summed E-state index contributed by atoms with van der Waals surface area (Å²) >= 11 is 0. The molecule has 0 saturated heterocycles. The summed E-state index contributed by atoms with van der Waals surface area (Å²) in [6, 6.07) is 6.82. The average Bonchev–Trinajstić information content (AvgIpc) is 2.27. The van der Waals surface area contributed by atoms with E-state index in [0.29, 0.717) is 17.9 Å². The number of hydrogen-bond donors (Lipinski definition) is 0. The Morgan fingerprint density at radius 2 is 2.13 bits per heavy atom. The number of rotatable bonds is 5. The third-order valence-corrected chi connectivity index (χ3v) is 1.62. The van der Waals surface area contributed by atoms with E-state index in [1.54, 1.807) is 24.3 Å². The van der Waals surface area contributed by atoms with Crippen molar-refractivity contribution in [2.75, 3.05) is 13.2 Å². The summed E-state index contributed by atoms with van der Waals surface area (Å²) < 4.78 is 5.27. The summed E-state index contributed by atoms with van der Waals surface area (Å²) in [5.74, 6) is -0.0969. The highest BCUT2D eigenvalue weighted by Gasteiger charge is 2.13. The molecule has 1 rings (SSSR count). The minimum absolute atomic E-state index is 0.0720. The van der Waals surface area contributed by atoms with Crippen molar-refractivity contribution in [1.29, 1.82) is 0 Å². The summed E-state index contributed by atoms with van der Waals surface area (Å²) in [7, 11) is 0. The molecule has 0 unspecified atom stereocenters. The predicted molar refractivity (Wildman–Crippen MR) is 54.3 cm³/mol. The molecule has 81 valence electrons. The molecule has 0 atom stereocenters. The van der Waals surface area contributed by atoms with Crippen molar-refractivity contribution in [3.63, 3.8) is 0 Å². The first-order chi connectivity index (χ1) is 7.29. The zero-order valence-corrected chi connectivity index (χ0v) is 8.56. The fraction of sp³-hybridized carbons (Fsp3) is 0.273. The molecule has 0 spiro atoms. The fourth-order valence-corrected chi connectivity index (χ4v) is 1.06. The Bertz CT molecular complexity index is 322. The number of carbonyl (C=O) groups is 1. The second-order valence-electron chi connectivity index (χ2n) is 2.62. The Labute approximate surface area is 88.7 Å². The first-order valence-electron chi connectivity index (χ1n) is 4.64. The van der Waals surface area contributed by atoms with Crippen molar-refractivity contribution >= 4 is 5.97 Å². The Morgan fingerprint density at radius 1 is 1.40 bits per heavy atom. The maximum absolute atomic E-state index is 11.4. The van der Waals surface area contributed by atoms with Crippen molar-refractivity contribution in [1.82, 2.24) is 0 Å². The second kappa shape index (κ2) is 6.03. The molecule has 0 saturated carbocycles. The van der Waals surface area contributed by atoms with E-state index in [1.165, 1.54) is 0 Å². The molecule has 15 heavy (non-hydrogen) atoms. The van der Waals surface area contributed by atoms with Crippen LogP contribution in [0.1, 0.15) is 17.3 Å². The van der Waals surface area contributed by atoms with Crippen molar-refractivity contribution in [3.05, 3.63) is 36.8 Å². The Kier molecular flexibility index (Phi) is 4.63. The van der Waals surface area contributed by atoms with Crippen LogP contribution >= 0.6 is 0 Å². The van der Waals surface area contributed by atoms with Gasteiger partial charge in [0, 0.05) is 0 Å². The van der Waals surface area contributed by atoms with E-state index in [2.05, 4.69) is 16.7 Å². The summed E-state index contributed by atoms with van der Waals surface area (Å²) in [6.07, 6.45) is 0. The van der Waals surface area contributed by atoms with Crippen molar-refractivity contribution < 1.29 is 19.3 Å². The van der Waals surface area contributed by atoms with Gasteiger partial charge in [-0.2, -0.15) is 4.89 Å². The predicted octanol–water partition coefficient (Wildman–Crippen LogP) is 2.01. The van der Waals surface area contributed by atoms with E-state index >= 15 is 0 Å². The van der Waals surface area contributed by atoms with Gasteiger partial charge in [0.05, 0.1) is 13.2 Å². The quantitative estimate of drug-likeness (QED) is 0.549. The topological polar surface area (TPSA) is 44.8 Å². The monoisotopic (exact) mass is 209 g/mol. The average molecular weight is 209 g/mol. The van der Waals surface area contributed by atoms with E-state index in [9.17, 15) is 4.79 Å². The van der Waals surface area contributed by atoms with Crippen LogP contribution in [0.4, 0.5) is 0 Å². The van der Waals surface area contributed by atoms with Crippen molar-refractivity contribution in [3.8, 4) is 5.75 Å². The van der Waals surface area contributed by atoms with Gasteiger partial charge in [0.1, 0.15) is 11.3 Å². The maximum Gasteiger partial charge on any atom is 0.376 e. The van der Waals surface area contributed by atoms with E-state index in [1.807, 2.05) is 6.92 Å². The molecule has 0 aliphatic heterocycles. The van der Waals surface area contributed by atoms with Crippen LogP contribution in [0.5, 0.6) is 5.75 Å². The second-order valence-corrected chi connectivity index (χ2v) is 2.62. The molecule has 0 aliphatic carbocycles. The van der Waals surface area contributed by atoms with E-state index < -0.39 is 5.97 Å². The van der Waals surface area contributed by atoms with Crippen molar-refractivity contribution in [2.45, 2.75) is 6.92 Å². The molecular weight excluding hydrogens is 196 g/mol. The molecule has 0 amide bonds. The van der Waals surface area contributed by atoms with E-state index in [-0.39, 0.29) is 6.61 Å². The zero-order valence-electron chi connectivity index (χ0n) is 8.56. The maximum atomic E-state index is 11.4. The van der Waals surface area contributed by atoms with Crippen LogP contribution in [-0.4, -0.2) is 19.2 Å². The van der Waals surface area contributed by atoms with Gasteiger partial charge >= 0.3 is 5.97 Å². The fourth-order valence-electron chi connectivity index (χ4n) is 1.06. The van der Waals surface area contributed by atoms with Crippen molar-refractivity contribution in [2.24, 2.45) is 0 Å². The summed E-state index contributed by atoms with van der Waals surface area (Å²) in [4.78, 5) is 20.4. The highest BCUT2D eigenvalue weighted by molar-refractivity contribution is 5.92. The smallest absolute Gasteiger partial charge is 0.376 e. The first kappa shape index (κ1) is 11.5. The van der Waals surface area contributed by atoms with Gasteiger partial charge in [0.15, 0.2) is 0 Å². The number of hydrogen-bond acceptors (Lipinski definition) is 4. The first-order valence-corrected chi connectivity index (χ1v) is 4.64. The van der Waals surface area contributed by atoms with Gasteiger partial charge < -0.3 is 4.74 Å². The lowest BCUT2D eigenvalue weighted by molar-refractivity contribution is -0.232. The molecule has 0 aliphatic rings. The molecule has 0 bridgehead atoms. The van der Waals surface area contributed by atoms with Gasteiger partial charge in [-0.3, -0.25) is 4.89 Å². The summed E-state index contributed by atoms with van der Waals surface area (Å²) in [5, 5.41) is 0. The van der Waals surface area contributed by atoms with Crippen LogP contribution in [0.25, 0.3) is 0 Å². The Balaban J connectivity index is 2.77. The van der Waals surface area contributed by atoms with Gasteiger partial charge in [-0.15, -0.1) is 0 Å². The molecule has 0 aromatic heterocycles. The van der Waals surface area contributed by atoms with Crippen LogP contribution < -0.4 is 4.74 Å². The molecule has 1 aromatic rings. The normalized spacial score (nSPS) is 9.73. The highest BCUT2D eigenvalue weighted by Crippen LogP contribution is 2.18. The third-order valence-electron chi connectivity index (χ3n) is 1.62. The highest BCUT2D eigenvalue weighted by atomic mass is 17.2. The van der Waals surface area contributed by atoms with Gasteiger partial charge in [0.25, 0.3) is 0 Å². The molecule has 0 fully saturated rings. The minimum Gasteiger partial charge on any atom is -0.493 e. The van der Waals surface area contributed by atoms with Gasteiger partial charge in [-0.05, 0) is 26.0 Å². The summed E-state index contributed by atoms with van der Waals surface area (Å²) in [5.41, 5.74) is 0.341. The molecule has 1 radical (unpaired) electrons. The van der Waals surface area contributed by atoms with Crippen LogP contribution in [-0.2, 0) is 9.78 Å². The Hall–Kier alpha value is -1.55. The number of benzene rings is 1. The van der Waals surface area contributed by atoms with Gasteiger partial charge in [-0.25, -0.2) is 4.79 Å². The number of para-hydroxylation sites is 1. The lowest BCUT2D eigenvalue weighted by atomic mass is 10.2. The zero-order chi connectivity index (χ0) is 11.1. The van der Waals surface area contributed by atoms with Gasteiger partial charge in [-0.1, -0.05) is 12.1 Å². The van der Waals surface area contributed by atoms with E-state index in [0.717, 1.165) is 0 Å². The summed E-state index contributed by atoms with van der Waals surface area (Å²) in [6.45, 7) is 5.78. The van der Waals surface area contributed by atoms with E-state index in [4.69, 9.17) is 4.74 Å². The van der Waals surface area contributed by atoms with Crippen LogP contribution in [0.2, 0.25) is 0 Å². The third kappa shape index (κ3) is 3.25. The molecule has 4 heteroatoms. The SMILES string of the molecule is [CH2]COOC(=O)c1ccccc1OCC. The van der Waals surface area contributed by atoms with Crippen LogP contribution in [0.15, 0.2) is 24.3 Å². The molecule has 4 nitrogen and oxygen atoms in total. The van der Waals surface area contributed by atoms with Crippen LogP contribution in [0.3, 0.4) is 0 Å². The largest absolute Gasteiger partial charge is 0.493 e. The molecule has 1 aromatic carbocycles. The number of carbonyl (C=O) groups excluding carboxylic acids is 1. The molecule has 0 heterocycles. The lowest BCUT2D eigenvalue weighted by Crippen LogP contribution is -2.08. The Morgan fingerprint density at radius 3 is 2.80 bits per heavy atom.